The van der Waals surface area contributed by atoms with E-state index in [2.05, 4.69) is 62.8 Å². The van der Waals surface area contributed by atoms with E-state index >= 15 is 0 Å². The number of halogens is 2. The average molecular weight is 600 g/mol. The first-order chi connectivity index (χ1) is 15.1. The summed E-state index contributed by atoms with van der Waals surface area (Å²) >= 11 is 0. The summed E-state index contributed by atoms with van der Waals surface area (Å²) in [5.41, 5.74) is 12.0. The molecule has 0 spiro atoms. The Balaban J connectivity index is -0.000000784. The van der Waals surface area contributed by atoms with Gasteiger partial charge < -0.3 is 32.7 Å². The molecule has 14 nitrogen and oxygen atoms in total. The van der Waals surface area contributed by atoms with Gasteiger partial charge in [-0.1, -0.05) is 0 Å². The quantitative estimate of drug-likeness (QED) is 0.161. The maximum absolute atomic E-state index is 8.49. The topological polar surface area (TPSA) is 285 Å². The van der Waals surface area contributed by atoms with Crippen molar-refractivity contribution in [3.8, 4) is 0 Å². The standard InChI is InChI=1S/C18H42N6.2ClHO4.Ni/c1-13-7-17(3,4)23-16(10-20)12-22-14(2)8-18(5,6)24-15(9-19)11-21-13;2*2-1(3,4)5;/h13-16,21-24H,7-12,19-20H2,1-6H3;2*(H,2,3,4,5);/q;;;+2/p-2/t13-,14-,15-,16-;;;/m0.../s1. The molecule has 0 radical (unpaired) electrons. The Kier molecular flexibility index (Phi) is 20.5. The Morgan fingerprint density at radius 2 is 0.886 bits per heavy atom. The van der Waals surface area contributed by atoms with Crippen LogP contribution >= 0.6 is 0 Å². The van der Waals surface area contributed by atoms with Gasteiger partial charge in [-0.25, -0.2) is 37.3 Å². The smallest absolute Gasteiger partial charge is 0.329 e. The molecule has 1 aliphatic rings. The molecule has 17 heteroatoms. The predicted octanol–water partition coefficient (Wildman–Crippen LogP) is -9.39. The van der Waals surface area contributed by atoms with Crippen molar-refractivity contribution < 1.29 is 74.2 Å². The molecule has 0 saturated carbocycles. The van der Waals surface area contributed by atoms with Crippen LogP contribution in [0.3, 0.4) is 0 Å². The van der Waals surface area contributed by atoms with Crippen molar-refractivity contribution in [2.45, 2.75) is 89.6 Å². The molecular formula is C18H42Cl2N6NiO8. The Labute approximate surface area is 222 Å². The molecule has 0 bridgehead atoms. The van der Waals surface area contributed by atoms with E-state index in [1.807, 2.05) is 0 Å². The van der Waals surface area contributed by atoms with E-state index in [9.17, 15) is 0 Å². The fourth-order valence-electron chi connectivity index (χ4n) is 3.97. The van der Waals surface area contributed by atoms with Crippen LogP contribution < -0.4 is 70.0 Å². The zero-order chi connectivity index (χ0) is 27.4. The van der Waals surface area contributed by atoms with Gasteiger partial charge in [-0.05, 0) is 54.4 Å². The Bertz CT molecular complexity index is 486. The molecular weight excluding hydrogens is 558 g/mol. The molecule has 1 fully saturated rings. The second-order valence-corrected chi connectivity index (χ2v) is 11.2. The Morgan fingerprint density at radius 1 is 0.657 bits per heavy atom. The molecule has 1 rings (SSSR count). The normalized spacial score (nSPS) is 28.1. The van der Waals surface area contributed by atoms with Gasteiger partial charge in [0, 0.05) is 61.4 Å². The van der Waals surface area contributed by atoms with Crippen molar-refractivity contribution in [2.24, 2.45) is 11.5 Å². The van der Waals surface area contributed by atoms with E-state index in [4.69, 9.17) is 48.7 Å². The first-order valence-electron chi connectivity index (χ1n) is 10.7. The molecule has 1 heterocycles. The molecule has 1 aliphatic heterocycles. The minimum atomic E-state index is -4.94. The Hall–Kier alpha value is 0.514. The van der Waals surface area contributed by atoms with Gasteiger partial charge >= 0.3 is 16.5 Å². The molecule has 1 saturated heterocycles. The first kappa shape index (κ1) is 40.0. The van der Waals surface area contributed by atoms with Crippen LogP contribution in [0.1, 0.15) is 54.4 Å². The summed E-state index contributed by atoms with van der Waals surface area (Å²) in [7, 11) is -9.89. The van der Waals surface area contributed by atoms with E-state index < -0.39 is 20.5 Å². The molecule has 0 aromatic heterocycles. The average Bonchev–Trinajstić information content (AvgIpc) is 2.57. The third-order valence-corrected chi connectivity index (χ3v) is 4.82. The van der Waals surface area contributed by atoms with Crippen molar-refractivity contribution >= 4 is 0 Å². The SMILES string of the molecule is C[C@H]1CC(C)(C)N[C@@H](CN)CN[C@@H](C)CC(C)(C)N[C@@H](CN)CN1.[Ni+2].[O-][Cl+3]([O-])([O-])[O-].[O-][Cl+3]([O-])([O-])[O-]. The maximum Gasteiger partial charge on any atom is 2.00 e. The first-order valence-corrected chi connectivity index (χ1v) is 13.2. The van der Waals surface area contributed by atoms with Gasteiger partial charge in [-0.3, -0.25) is 0 Å². The summed E-state index contributed by atoms with van der Waals surface area (Å²) in [4.78, 5) is 0. The third kappa shape index (κ3) is 30.6. The van der Waals surface area contributed by atoms with Gasteiger partial charge in [0.25, 0.3) is 0 Å². The van der Waals surface area contributed by atoms with Crippen LogP contribution in [0.4, 0.5) is 0 Å². The molecule has 0 aliphatic carbocycles. The van der Waals surface area contributed by atoms with Crippen LogP contribution in [0.5, 0.6) is 0 Å². The van der Waals surface area contributed by atoms with E-state index in [1.165, 1.54) is 0 Å². The molecule has 0 aromatic carbocycles. The van der Waals surface area contributed by atoms with Crippen molar-refractivity contribution in [1.29, 1.82) is 0 Å². The van der Waals surface area contributed by atoms with Gasteiger partial charge in [-0.15, -0.1) is 20.5 Å². The number of hydrogen-bond acceptors (Lipinski definition) is 14. The molecule has 0 aromatic rings. The molecule has 35 heavy (non-hydrogen) atoms. The molecule has 216 valence electrons. The second-order valence-electron chi connectivity index (χ2n) is 9.70. The fourth-order valence-corrected chi connectivity index (χ4v) is 3.97. The molecule has 4 atom stereocenters. The second kappa shape index (κ2) is 17.9. The van der Waals surface area contributed by atoms with Crippen LogP contribution in [-0.2, 0) is 16.5 Å². The van der Waals surface area contributed by atoms with Crippen LogP contribution in [0.25, 0.3) is 0 Å². The van der Waals surface area contributed by atoms with Crippen LogP contribution in [0, 0.1) is 20.5 Å². The van der Waals surface area contributed by atoms with Gasteiger partial charge in [0.2, 0.25) is 0 Å². The van der Waals surface area contributed by atoms with Crippen molar-refractivity contribution in [2.75, 3.05) is 26.2 Å². The van der Waals surface area contributed by atoms with E-state index in [0.29, 0.717) is 25.2 Å². The number of rotatable bonds is 2. The van der Waals surface area contributed by atoms with Crippen LogP contribution in [0.2, 0.25) is 0 Å². The summed E-state index contributed by atoms with van der Waals surface area (Å²) in [6.45, 7) is 16.6. The zero-order valence-electron chi connectivity index (χ0n) is 21.0. The predicted molar refractivity (Wildman–Crippen MR) is 104 cm³/mol. The van der Waals surface area contributed by atoms with Crippen molar-refractivity contribution in [3.05, 3.63) is 0 Å². The summed E-state index contributed by atoms with van der Waals surface area (Å²) < 4.78 is 67.9. The largest absolute Gasteiger partial charge is 2.00 e. The molecule has 0 unspecified atom stereocenters. The molecule has 0 amide bonds. The third-order valence-electron chi connectivity index (χ3n) is 4.82. The van der Waals surface area contributed by atoms with Gasteiger partial charge in [0.1, 0.15) is 0 Å². The maximum atomic E-state index is 8.49. The summed E-state index contributed by atoms with van der Waals surface area (Å²) in [6, 6.07) is 1.40. The summed E-state index contributed by atoms with van der Waals surface area (Å²) in [5, 5.41) is 14.7. The van der Waals surface area contributed by atoms with Gasteiger partial charge in [-0.2, -0.15) is 0 Å². The minimum absolute atomic E-state index is 0. The van der Waals surface area contributed by atoms with Crippen LogP contribution in [0.15, 0.2) is 0 Å². The fraction of sp³-hybridized carbons (Fsp3) is 1.00. The van der Waals surface area contributed by atoms with Gasteiger partial charge in [0.05, 0.1) is 0 Å². The van der Waals surface area contributed by atoms with Crippen molar-refractivity contribution in [1.82, 2.24) is 21.3 Å². The Morgan fingerprint density at radius 3 is 1.09 bits per heavy atom. The molecule has 8 N–H and O–H groups in total. The minimum Gasteiger partial charge on any atom is -0.329 e. The summed E-state index contributed by atoms with van der Waals surface area (Å²) in [5.74, 6) is 0. The number of nitrogens with two attached hydrogens (primary N) is 2. The summed E-state index contributed by atoms with van der Waals surface area (Å²) in [6.07, 6.45) is 2.08. The van der Waals surface area contributed by atoms with Crippen LogP contribution in [-0.4, -0.2) is 61.4 Å². The number of hydrogen-bond donors (Lipinski definition) is 6. The van der Waals surface area contributed by atoms with E-state index in [-0.39, 0.29) is 39.7 Å². The van der Waals surface area contributed by atoms with E-state index in [0.717, 1.165) is 25.9 Å². The van der Waals surface area contributed by atoms with Crippen molar-refractivity contribution in [3.63, 3.8) is 0 Å². The van der Waals surface area contributed by atoms with Gasteiger partial charge in [0.15, 0.2) is 0 Å². The number of nitrogens with one attached hydrogen (secondary N) is 4. The monoisotopic (exact) mass is 598 g/mol. The van der Waals surface area contributed by atoms with E-state index in [1.54, 1.807) is 0 Å². The zero-order valence-corrected chi connectivity index (χ0v) is 23.5.